The fraction of sp³-hybridized carbons (Fsp3) is 0.615. The molecule has 0 aromatic carbocycles. The summed E-state index contributed by atoms with van der Waals surface area (Å²) in [6.07, 6.45) is 2.06. The predicted octanol–water partition coefficient (Wildman–Crippen LogP) is 2.72. The second-order valence-corrected chi connectivity index (χ2v) is 6.21. The highest BCUT2D eigenvalue weighted by Crippen LogP contribution is 2.26. The van der Waals surface area contributed by atoms with Crippen LogP contribution in [0.15, 0.2) is 6.07 Å². The van der Waals surface area contributed by atoms with Crippen LogP contribution >= 0.6 is 23.7 Å². The summed E-state index contributed by atoms with van der Waals surface area (Å²) in [6, 6.07) is 2.29. The summed E-state index contributed by atoms with van der Waals surface area (Å²) in [5.74, 6) is 0.137. The quantitative estimate of drug-likeness (QED) is 0.898. The summed E-state index contributed by atoms with van der Waals surface area (Å²) in [7, 11) is 0. The van der Waals surface area contributed by atoms with Gasteiger partial charge in [-0.25, -0.2) is 0 Å². The standard InChI is InChI=1S/C13H20N2OS.ClH/c1-8-7-11(10(3)17-8)9(2)15-13(16)12-5-4-6-14-12;/h7,9,12,14H,4-6H2,1-3H3,(H,15,16);1H/t9?,12-;/m0./s1. The van der Waals surface area contributed by atoms with Crippen LogP contribution in [0.1, 0.15) is 41.1 Å². The summed E-state index contributed by atoms with van der Waals surface area (Å²) in [6.45, 7) is 7.24. The Bertz CT molecular complexity index is 413. The van der Waals surface area contributed by atoms with Gasteiger partial charge in [0.1, 0.15) is 0 Å². The summed E-state index contributed by atoms with van der Waals surface area (Å²) in [4.78, 5) is 14.6. The van der Waals surface area contributed by atoms with Gasteiger partial charge in [0, 0.05) is 9.75 Å². The number of hydrogen-bond donors (Lipinski definition) is 2. The molecule has 3 nitrogen and oxygen atoms in total. The molecule has 0 bridgehead atoms. The lowest BCUT2D eigenvalue weighted by Gasteiger charge is -2.17. The van der Waals surface area contributed by atoms with E-state index in [1.807, 2.05) is 0 Å². The molecule has 1 aliphatic rings. The van der Waals surface area contributed by atoms with Gasteiger partial charge in [-0.2, -0.15) is 0 Å². The maximum atomic E-state index is 12.0. The number of aryl methyl sites for hydroxylation is 2. The third-order valence-corrected chi connectivity index (χ3v) is 4.26. The van der Waals surface area contributed by atoms with Crippen LogP contribution in [-0.2, 0) is 4.79 Å². The highest BCUT2D eigenvalue weighted by atomic mass is 35.5. The molecule has 1 amide bonds. The van der Waals surface area contributed by atoms with Gasteiger partial charge in [0.25, 0.3) is 0 Å². The first-order chi connectivity index (χ1) is 8.08. The number of amides is 1. The zero-order valence-corrected chi connectivity index (χ0v) is 12.7. The maximum absolute atomic E-state index is 12.0. The molecule has 102 valence electrons. The van der Waals surface area contributed by atoms with Crippen molar-refractivity contribution >= 4 is 29.7 Å². The molecule has 1 unspecified atom stereocenters. The van der Waals surface area contributed by atoms with E-state index in [2.05, 4.69) is 37.5 Å². The second kappa shape index (κ2) is 6.55. The summed E-state index contributed by atoms with van der Waals surface area (Å²) in [5, 5.41) is 6.32. The van der Waals surface area contributed by atoms with Crippen LogP contribution in [0.3, 0.4) is 0 Å². The smallest absolute Gasteiger partial charge is 0.237 e. The van der Waals surface area contributed by atoms with E-state index in [9.17, 15) is 4.79 Å². The SMILES string of the molecule is Cc1cc(C(C)NC(=O)[C@@H]2CCCN2)c(C)s1.Cl. The minimum atomic E-state index is 0. The predicted molar refractivity (Wildman–Crippen MR) is 78.6 cm³/mol. The fourth-order valence-electron chi connectivity index (χ4n) is 2.38. The van der Waals surface area contributed by atoms with Gasteiger partial charge in [0.15, 0.2) is 0 Å². The van der Waals surface area contributed by atoms with Crippen molar-refractivity contribution in [3.63, 3.8) is 0 Å². The van der Waals surface area contributed by atoms with E-state index in [0.29, 0.717) is 0 Å². The lowest BCUT2D eigenvalue weighted by atomic mass is 10.1. The lowest BCUT2D eigenvalue weighted by molar-refractivity contribution is -0.123. The van der Waals surface area contributed by atoms with Crippen molar-refractivity contribution in [2.75, 3.05) is 6.54 Å². The van der Waals surface area contributed by atoms with Crippen LogP contribution in [-0.4, -0.2) is 18.5 Å². The van der Waals surface area contributed by atoms with Gasteiger partial charge in [-0.15, -0.1) is 23.7 Å². The van der Waals surface area contributed by atoms with Crippen molar-refractivity contribution in [2.45, 2.75) is 45.7 Å². The highest BCUT2D eigenvalue weighted by Gasteiger charge is 2.23. The molecular formula is C13H21ClN2OS. The summed E-state index contributed by atoms with van der Waals surface area (Å²) < 4.78 is 0. The van der Waals surface area contributed by atoms with Crippen LogP contribution in [0.5, 0.6) is 0 Å². The minimum absolute atomic E-state index is 0. The van der Waals surface area contributed by atoms with Crippen molar-refractivity contribution in [1.29, 1.82) is 0 Å². The number of thiophene rings is 1. The van der Waals surface area contributed by atoms with E-state index >= 15 is 0 Å². The zero-order chi connectivity index (χ0) is 12.4. The molecule has 1 saturated heterocycles. The number of halogens is 1. The molecule has 1 fully saturated rings. The van der Waals surface area contributed by atoms with E-state index in [1.165, 1.54) is 15.3 Å². The van der Waals surface area contributed by atoms with Crippen LogP contribution in [0.25, 0.3) is 0 Å². The molecule has 1 aliphatic heterocycles. The third kappa shape index (κ3) is 3.46. The molecular weight excluding hydrogens is 268 g/mol. The normalized spacial score (nSPS) is 20.3. The van der Waals surface area contributed by atoms with Crippen LogP contribution in [0.2, 0.25) is 0 Å². The number of hydrogen-bond acceptors (Lipinski definition) is 3. The highest BCUT2D eigenvalue weighted by molar-refractivity contribution is 7.12. The van der Waals surface area contributed by atoms with E-state index in [1.54, 1.807) is 11.3 Å². The van der Waals surface area contributed by atoms with E-state index in [-0.39, 0.29) is 30.4 Å². The van der Waals surface area contributed by atoms with E-state index in [0.717, 1.165) is 19.4 Å². The van der Waals surface area contributed by atoms with Gasteiger partial charge < -0.3 is 10.6 Å². The molecule has 18 heavy (non-hydrogen) atoms. The Morgan fingerprint density at radius 3 is 2.78 bits per heavy atom. The van der Waals surface area contributed by atoms with Gasteiger partial charge in [-0.05, 0) is 51.8 Å². The Hall–Kier alpha value is -0.580. The van der Waals surface area contributed by atoms with Gasteiger partial charge in [-0.3, -0.25) is 4.79 Å². The average molecular weight is 289 g/mol. The van der Waals surface area contributed by atoms with Crippen molar-refractivity contribution in [1.82, 2.24) is 10.6 Å². The third-order valence-electron chi connectivity index (χ3n) is 3.28. The van der Waals surface area contributed by atoms with Crippen molar-refractivity contribution in [3.05, 3.63) is 21.4 Å². The molecule has 0 spiro atoms. The molecule has 1 aromatic rings. The van der Waals surface area contributed by atoms with Gasteiger partial charge in [0.05, 0.1) is 12.1 Å². The fourth-order valence-corrected chi connectivity index (χ4v) is 3.40. The first kappa shape index (κ1) is 15.5. The van der Waals surface area contributed by atoms with Crippen molar-refractivity contribution in [2.24, 2.45) is 0 Å². The monoisotopic (exact) mass is 288 g/mol. The van der Waals surface area contributed by atoms with E-state index < -0.39 is 0 Å². The molecule has 0 aliphatic carbocycles. The lowest BCUT2D eigenvalue weighted by Crippen LogP contribution is -2.41. The van der Waals surface area contributed by atoms with Crippen LogP contribution in [0, 0.1) is 13.8 Å². The first-order valence-electron chi connectivity index (χ1n) is 6.18. The molecule has 2 heterocycles. The number of carbonyl (C=O) groups excluding carboxylic acids is 1. The number of nitrogens with one attached hydrogen (secondary N) is 2. The van der Waals surface area contributed by atoms with Crippen LogP contribution < -0.4 is 10.6 Å². The van der Waals surface area contributed by atoms with Gasteiger partial charge in [0.2, 0.25) is 5.91 Å². The summed E-state index contributed by atoms with van der Waals surface area (Å²) in [5.41, 5.74) is 1.25. The molecule has 2 rings (SSSR count). The van der Waals surface area contributed by atoms with Gasteiger partial charge >= 0.3 is 0 Å². The zero-order valence-electron chi connectivity index (χ0n) is 11.1. The molecule has 0 radical (unpaired) electrons. The molecule has 2 N–H and O–H groups in total. The maximum Gasteiger partial charge on any atom is 0.237 e. The Balaban J connectivity index is 0.00000162. The van der Waals surface area contributed by atoms with Crippen molar-refractivity contribution in [3.8, 4) is 0 Å². The number of carbonyl (C=O) groups is 1. The number of rotatable bonds is 3. The Morgan fingerprint density at radius 1 is 1.56 bits per heavy atom. The molecule has 0 saturated carbocycles. The Kier molecular flexibility index (Phi) is 5.63. The molecule has 2 atom stereocenters. The first-order valence-corrected chi connectivity index (χ1v) is 7.00. The topological polar surface area (TPSA) is 41.1 Å². The second-order valence-electron chi connectivity index (χ2n) is 4.75. The van der Waals surface area contributed by atoms with E-state index in [4.69, 9.17) is 0 Å². The molecule has 5 heteroatoms. The van der Waals surface area contributed by atoms with Crippen molar-refractivity contribution < 1.29 is 4.79 Å². The largest absolute Gasteiger partial charge is 0.348 e. The average Bonchev–Trinajstić information content (AvgIpc) is 2.87. The van der Waals surface area contributed by atoms with Crippen LogP contribution in [0.4, 0.5) is 0 Å². The van der Waals surface area contributed by atoms with Gasteiger partial charge in [-0.1, -0.05) is 0 Å². The Morgan fingerprint density at radius 2 is 2.28 bits per heavy atom. The molecule has 1 aromatic heterocycles. The minimum Gasteiger partial charge on any atom is -0.348 e. The Labute approximate surface area is 119 Å². The summed E-state index contributed by atoms with van der Waals surface area (Å²) >= 11 is 1.79.